The molecule has 0 aliphatic carbocycles. The van der Waals surface area contributed by atoms with Crippen molar-refractivity contribution in [2.75, 3.05) is 0 Å². The Labute approximate surface area is 74.5 Å². The SMILES string of the molecule is CCCCCCC1(C)OC1C#N. The van der Waals surface area contributed by atoms with E-state index in [-0.39, 0.29) is 11.7 Å². The summed E-state index contributed by atoms with van der Waals surface area (Å²) in [7, 11) is 0. The van der Waals surface area contributed by atoms with Gasteiger partial charge in [-0.3, -0.25) is 0 Å². The molecule has 1 fully saturated rings. The smallest absolute Gasteiger partial charge is 0.173 e. The molecule has 0 aromatic carbocycles. The molecule has 12 heavy (non-hydrogen) atoms. The van der Waals surface area contributed by atoms with Gasteiger partial charge in [0, 0.05) is 0 Å². The van der Waals surface area contributed by atoms with E-state index in [1.54, 1.807) is 0 Å². The first-order valence-electron chi connectivity index (χ1n) is 4.80. The Balaban J connectivity index is 2.06. The Bertz CT molecular complexity index is 185. The monoisotopic (exact) mass is 167 g/mol. The van der Waals surface area contributed by atoms with Gasteiger partial charge >= 0.3 is 0 Å². The van der Waals surface area contributed by atoms with Crippen LogP contribution in [0.2, 0.25) is 0 Å². The van der Waals surface area contributed by atoms with Crippen LogP contribution in [0.3, 0.4) is 0 Å². The standard InChI is InChI=1S/C10H17NO/c1-3-4-5-6-7-10(2)9(8-11)12-10/h9H,3-7H2,1-2H3. The summed E-state index contributed by atoms with van der Waals surface area (Å²) in [5.41, 5.74) is -0.0948. The van der Waals surface area contributed by atoms with Gasteiger partial charge in [0.1, 0.15) is 5.60 Å². The molecule has 0 aromatic rings. The molecule has 0 radical (unpaired) electrons. The molecule has 1 saturated heterocycles. The van der Waals surface area contributed by atoms with Crippen molar-refractivity contribution in [3.63, 3.8) is 0 Å². The van der Waals surface area contributed by atoms with E-state index < -0.39 is 0 Å². The van der Waals surface area contributed by atoms with E-state index >= 15 is 0 Å². The van der Waals surface area contributed by atoms with Gasteiger partial charge in [-0.15, -0.1) is 0 Å². The first kappa shape index (κ1) is 9.54. The lowest BCUT2D eigenvalue weighted by molar-refractivity contribution is 0.296. The van der Waals surface area contributed by atoms with Crippen molar-refractivity contribution < 1.29 is 4.74 Å². The Morgan fingerprint density at radius 2 is 2.17 bits per heavy atom. The Kier molecular flexibility index (Phi) is 3.11. The van der Waals surface area contributed by atoms with Gasteiger partial charge in [-0.2, -0.15) is 5.26 Å². The minimum atomic E-state index is -0.126. The third kappa shape index (κ3) is 2.22. The topological polar surface area (TPSA) is 36.3 Å². The molecule has 68 valence electrons. The maximum absolute atomic E-state index is 8.57. The second-order valence-electron chi connectivity index (χ2n) is 3.75. The highest BCUT2D eigenvalue weighted by Crippen LogP contribution is 2.40. The predicted molar refractivity (Wildman–Crippen MR) is 47.7 cm³/mol. The molecule has 1 aliphatic rings. The maximum atomic E-state index is 8.57. The summed E-state index contributed by atoms with van der Waals surface area (Å²) < 4.78 is 5.27. The van der Waals surface area contributed by atoms with Crippen molar-refractivity contribution in [3.8, 4) is 6.07 Å². The zero-order valence-electron chi connectivity index (χ0n) is 7.97. The Hall–Kier alpha value is -0.550. The van der Waals surface area contributed by atoms with Crippen molar-refractivity contribution in [3.05, 3.63) is 0 Å². The van der Waals surface area contributed by atoms with Gasteiger partial charge in [0.25, 0.3) is 0 Å². The minimum absolute atomic E-state index is 0.0948. The van der Waals surface area contributed by atoms with Crippen LogP contribution in [0.4, 0.5) is 0 Å². The average Bonchev–Trinajstić information content (AvgIpc) is 2.72. The second kappa shape index (κ2) is 3.91. The van der Waals surface area contributed by atoms with Crippen molar-refractivity contribution in [1.82, 2.24) is 0 Å². The molecule has 2 unspecified atom stereocenters. The summed E-state index contributed by atoms with van der Waals surface area (Å²) in [5, 5.41) is 8.57. The molecule has 2 atom stereocenters. The summed E-state index contributed by atoms with van der Waals surface area (Å²) in [6.07, 6.45) is 5.95. The number of rotatable bonds is 5. The van der Waals surface area contributed by atoms with Crippen LogP contribution in [-0.2, 0) is 4.74 Å². The zero-order valence-corrected chi connectivity index (χ0v) is 7.97. The first-order chi connectivity index (χ1) is 5.73. The molecule has 0 saturated carbocycles. The molecular formula is C10H17NO. The number of ether oxygens (including phenoxy) is 1. The third-order valence-corrected chi connectivity index (χ3v) is 2.53. The molecular weight excluding hydrogens is 150 g/mol. The Morgan fingerprint density at radius 1 is 1.42 bits per heavy atom. The maximum Gasteiger partial charge on any atom is 0.173 e. The molecule has 1 aliphatic heterocycles. The summed E-state index contributed by atoms with van der Waals surface area (Å²) in [5.74, 6) is 0. The molecule has 2 nitrogen and oxygen atoms in total. The van der Waals surface area contributed by atoms with E-state index in [4.69, 9.17) is 10.00 Å². The molecule has 0 aromatic heterocycles. The van der Waals surface area contributed by atoms with Crippen molar-refractivity contribution in [2.45, 2.75) is 57.7 Å². The largest absolute Gasteiger partial charge is 0.350 e. The average molecular weight is 167 g/mol. The van der Waals surface area contributed by atoms with Crippen LogP contribution in [0.1, 0.15) is 46.0 Å². The van der Waals surface area contributed by atoms with E-state index in [0.717, 1.165) is 6.42 Å². The molecule has 0 bridgehead atoms. The van der Waals surface area contributed by atoms with E-state index in [9.17, 15) is 0 Å². The third-order valence-electron chi connectivity index (χ3n) is 2.53. The number of nitrogens with zero attached hydrogens (tertiary/aromatic N) is 1. The van der Waals surface area contributed by atoms with Crippen LogP contribution in [0.5, 0.6) is 0 Å². The molecule has 0 spiro atoms. The second-order valence-corrected chi connectivity index (χ2v) is 3.75. The van der Waals surface area contributed by atoms with Gasteiger partial charge < -0.3 is 4.74 Å². The van der Waals surface area contributed by atoms with E-state index in [0.29, 0.717) is 0 Å². The van der Waals surface area contributed by atoms with Crippen molar-refractivity contribution >= 4 is 0 Å². The van der Waals surface area contributed by atoms with Gasteiger partial charge in [0.15, 0.2) is 6.10 Å². The summed E-state index contributed by atoms with van der Waals surface area (Å²) in [4.78, 5) is 0. The quantitative estimate of drug-likeness (QED) is 0.466. The van der Waals surface area contributed by atoms with Gasteiger partial charge in [-0.05, 0) is 13.3 Å². The lowest BCUT2D eigenvalue weighted by atomic mass is 10.00. The molecule has 1 heterocycles. The number of hydrogen-bond acceptors (Lipinski definition) is 2. The number of nitriles is 1. The summed E-state index contributed by atoms with van der Waals surface area (Å²) in [6.45, 7) is 4.24. The van der Waals surface area contributed by atoms with Crippen LogP contribution < -0.4 is 0 Å². The molecule has 0 N–H and O–H groups in total. The van der Waals surface area contributed by atoms with Crippen molar-refractivity contribution in [2.24, 2.45) is 0 Å². The molecule has 1 rings (SSSR count). The molecule has 0 amide bonds. The normalized spacial score (nSPS) is 32.9. The van der Waals surface area contributed by atoms with E-state index in [1.165, 1.54) is 25.7 Å². The molecule has 2 heteroatoms. The lowest BCUT2D eigenvalue weighted by Crippen LogP contribution is -2.07. The van der Waals surface area contributed by atoms with Crippen LogP contribution in [0.15, 0.2) is 0 Å². The highest BCUT2D eigenvalue weighted by Gasteiger charge is 2.51. The van der Waals surface area contributed by atoms with Gasteiger partial charge in [0.2, 0.25) is 0 Å². The predicted octanol–water partition coefficient (Wildman–Crippen LogP) is 2.64. The van der Waals surface area contributed by atoms with Crippen LogP contribution in [0.25, 0.3) is 0 Å². The highest BCUT2D eigenvalue weighted by molar-refractivity contribution is 5.11. The van der Waals surface area contributed by atoms with Gasteiger partial charge in [0.05, 0.1) is 6.07 Å². The summed E-state index contributed by atoms with van der Waals surface area (Å²) >= 11 is 0. The number of epoxide rings is 1. The fraction of sp³-hybridized carbons (Fsp3) is 0.900. The fourth-order valence-electron chi connectivity index (χ4n) is 1.49. The zero-order chi connectivity index (χ0) is 9.03. The number of hydrogen-bond donors (Lipinski definition) is 0. The first-order valence-corrected chi connectivity index (χ1v) is 4.80. The van der Waals surface area contributed by atoms with E-state index in [2.05, 4.69) is 13.0 Å². The number of unbranched alkanes of at least 4 members (excludes halogenated alkanes) is 3. The van der Waals surface area contributed by atoms with Crippen LogP contribution in [0, 0.1) is 11.3 Å². The minimum Gasteiger partial charge on any atom is -0.350 e. The van der Waals surface area contributed by atoms with Crippen LogP contribution in [-0.4, -0.2) is 11.7 Å². The van der Waals surface area contributed by atoms with Crippen LogP contribution >= 0.6 is 0 Å². The van der Waals surface area contributed by atoms with Gasteiger partial charge in [-0.25, -0.2) is 0 Å². The lowest BCUT2D eigenvalue weighted by Gasteiger charge is -2.03. The fourth-order valence-corrected chi connectivity index (χ4v) is 1.49. The highest BCUT2D eigenvalue weighted by atomic mass is 16.6. The van der Waals surface area contributed by atoms with E-state index in [1.807, 2.05) is 6.92 Å². The van der Waals surface area contributed by atoms with Gasteiger partial charge in [-0.1, -0.05) is 32.6 Å². The van der Waals surface area contributed by atoms with Crippen molar-refractivity contribution in [1.29, 1.82) is 5.26 Å². The summed E-state index contributed by atoms with van der Waals surface area (Å²) in [6, 6.07) is 2.15. The Morgan fingerprint density at radius 3 is 2.67 bits per heavy atom.